The highest BCUT2D eigenvalue weighted by Gasteiger charge is 1.95. The summed E-state index contributed by atoms with van der Waals surface area (Å²) in [4.78, 5) is 4.46. The van der Waals surface area contributed by atoms with Crippen LogP contribution in [0, 0.1) is 0 Å². The lowest BCUT2D eigenvalue weighted by molar-refractivity contribution is 1.45. The van der Waals surface area contributed by atoms with E-state index in [1.165, 1.54) is 0 Å². The zero-order valence-electron chi connectivity index (χ0n) is 9.22. The second kappa shape index (κ2) is 5.12. The van der Waals surface area contributed by atoms with Crippen LogP contribution in [0.25, 0.3) is 0 Å². The van der Waals surface area contributed by atoms with Gasteiger partial charge < -0.3 is 5.32 Å². The fourth-order valence-electron chi connectivity index (χ4n) is 1.48. The summed E-state index contributed by atoms with van der Waals surface area (Å²) in [5.74, 6) is 0. The zero-order chi connectivity index (χ0) is 11.2. The summed E-state index contributed by atoms with van der Waals surface area (Å²) in [6.45, 7) is 0. The number of aliphatic imine (C=N–C) groups is 1. The third-order valence-corrected chi connectivity index (χ3v) is 2.33. The lowest BCUT2D eigenvalue weighted by atomic mass is 10.2. The van der Waals surface area contributed by atoms with Gasteiger partial charge in [0, 0.05) is 13.3 Å². The van der Waals surface area contributed by atoms with E-state index >= 15 is 0 Å². The Bertz CT molecular complexity index is 475. The topological polar surface area (TPSA) is 24.4 Å². The Balaban J connectivity index is 2.24. The molecule has 80 valence electrons. The van der Waals surface area contributed by atoms with Crippen LogP contribution in [0.15, 0.2) is 59.6 Å². The van der Waals surface area contributed by atoms with Crippen LogP contribution in [0.1, 0.15) is 5.56 Å². The monoisotopic (exact) mass is 210 g/mol. The van der Waals surface area contributed by atoms with E-state index in [1.807, 2.05) is 67.9 Å². The van der Waals surface area contributed by atoms with Gasteiger partial charge in [0.1, 0.15) is 0 Å². The van der Waals surface area contributed by atoms with Crippen molar-refractivity contribution >= 4 is 17.6 Å². The number of benzene rings is 2. The van der Waals surface area contributed by atoms with E-state index in [0.29, 0.717) is 0 Å². The molecule has 0 fully saturated rings. The Morgan fingerprint density at radius 2 is 1.62 bits per heavy atom. The first kappa shape index (κ1) is 10.4. The van der Waals surface area contributed by atoms with Crippen molar-refractivity contribution in [2.24, 2.45) is 4.99 Å². The summed E-state index contributed by atoms with van der Waals surface area (Å²) >= 11 is 0. The molecule has 0 saturated heterocycles. The lowest BCUT2D eigenvalue weighted by Gasteiger charge is -2.03. The average Bonchev–Trinajstić information content (AvgIpc) is 2.38. The van der Waals surface area contributed by atoms with Crippen molar-refractivity contribution in [1.82, 2.24) is 0 Å². The smallest absolute Gasteiger partial charge is 0.0861 e. The van der Waals surface area contributed by atoms with Gasteiger partial charge in [-0.3, -0.25) is 4.99 Å². The Morgan fingerprint density at radius 3 is 2.38 bits per heavy atom. The van der Waals surface area contributed by atoms with Crippen molar-refractivity contribution in [3.05, 3.63) is 60.2 Å². The van der Waals surface area contributed by atoms with E-state index < -0.39 is 0 Å². The molecule has 0 bridgehead atoms. The molecule has 2 rings (SSSR count). The van der Waals surface area contributed by atoms with Crippen molar-refractivity contribution in [3.8, 4) is 0 Å². The maximum atomic E-state index is 4.46. The first-order valence-electron chi connectivity index (χ1n) is 5.26. The molecular weight excluding hydrogens is 196 g/mol. The number of anilines is 1. The summed E-state index contributed by atoms with van der Waals surface area (Å²) in [6.07, 6.45) is 1.87. The van der Waals surface area contributed by atoms with Gasteiger partial charge >= 0.3 is 0 Å². The number of nitrogens with one attached hydrogen (secondary N) is 1. The van der Waals surface area contributed by atoms with Crippen LogP contribution >= 0.6 is 0 Å². The first-order chi connectivity index (χ1) is 7.90. The van der Waals surface area contributed by atoms with Crippen LogP contribution in [0.2, 0.25) is 0 Å². The van der Waals surface area contributed by atoms with Crippen LogP contribution in [0.5, 0.6) is 0 Å². The Morgan fingerprint density at radius 1 is 0.938 bits per heavy atom. The van der Waals surface area contributed by atoms with E-state index in [1.54, 1.807) is 0 Å². The maximum absolute atomic E-state index is 4.46. The van der Waals surface area contributed by atoms with E-state index in [0.717, 1.165) is 16.9 Å². The molecule has 0 aliphatic rings. The van der Waals surface area contributed by atoms with Crippen LogP contribution in [0.4, 0.5) is 11.4 Å². The van der Waals surface area contributed by atoms with Gasteiger partial charge in [-0.1, -0.05) is 42.5 Å². The molecule has 2 heteroatoms. The second-order valence-corrected chi connectivity index (χ2v) is 3.44. The summed E-state index contributed by atoms with van der Waals surface area (Å²) in [5, 5.41) is 3.12. The number of hydrogen-bond donors (Lipinski definition) is 1. The quantitative estimate of drug-likeness (QED) is 0.770. The molecule has 0 unspecified atom stereocenters. The number of hydrogen-bond acceptors (Lipinski definition) is 2. The molecule has 0 aromatic heterocycles. The van der Waals surface area contributed by atoms with Gasteiger partial charge in [0.15, 0.2) is 0 Å². The van der Waals surface area contributed by atoms with Gasteiger partial charge in [-0.15, -0.1) is 0 Å². The van der Waals surface area contributed by atoms with Gasteiger partial charge in [-0.2, -0.15) is 0 Å². The highest BCUT2D eigenvalue weighted by molar-refractivity contribution is 5.83. The van der Waals surface area contributed by atoms with Crippen LogP contribution < -0.4 is 5.32 Å². The summed E-state index contributed by atoms with van der Waals surface area (Å²) in [7, 11) is 1.90. The molecule has 0 spiro atoms. The summed E-state index contributed by atoms with van der Waals surface area (Å²) in [5.41, 5.74) is 3.09. The fourth-order valence-corrected chi connectivity index (χ4v) is 1.48. The minimum absolute atomic E-state index is 0.953. The molecule has 0 amide bonds. The zero-order valence-corrected chi connectivity index (χ0v) is 9.22. The molecule has 2 nitrogen and oxygen atoms in total. The third kappa shape index (κ3) is 2.48. The van der Waals surface area contributed by atoms with E-state index in [4.69, 9.17) is 0 Å². The molecular formula is C14H14N2. The first-order valence-corrected chi connectivity index (χ1v) is 5.26. The van der Waals surface area contributed by atoms with Crippen molar-refractivity contribution in [2.45, 2.75) is 0 Å². The van der Waals surface area contributed by atoms with Crippen molar-refractivity contribution in [3.63, 3.8) is 0 Å². The van der Waals surface area contributed by atoms with Gasteiger partial charge in [0.05, 0.1) is 11.4 Å². The third-order valence-electron chi connectivity index (χ3n) is 2.33. The Labute approximate surface area is 95.7 Å². The van der Waals surface area contributed by atoms with E-state index in [2.05, 4.69) is 10.3 Å². The summed E-state index contributed by atoms with van der Waals surface area (Å²) in [6, 6.07) is 18.1. The van der Waals surface area contributed by atoms with Crippen molar-refractivity contribution < 1.29 is 0 Å². The molecule has 16 heavy (non-hydrogen) atoms. The van der Waals surface area contributed by atoms with Gasteiger partial charge in [-0.05, 0) is 17.7 Å². The Kier molecular flexibility index (Phi) is 3.34. The molecule has 0 heterocycles. The molecule has 0 saturated carbocycles. The molecule has 1 N–H and O–H groups in total. The second-order valence-electron chi connectivity index (χ2n) is 3.44. The van der Waals surface area contributed by atoms with E-state index in [9.17, 15) is 0 Å². The highest BCUT2D eigenvalue weighted by atomic mass is 14.9. The molecule has 2 aromatic rings. The standard InChI is InChI=1S/C14H14N2/c1-15-13-9-5-6-10-14(13)16-11-12-7-3-2-4-8-12/h2-11,15H,1H3. The molecule has 2 aromatic carbocycles. The summed E-state index contributed by atoms with van der Waals surface area (Å²) < 4.78 is 0. The van der Waals surface area contributed by atoms with E-state index in [-0.39, 0.29) is 0 Å². The largest absolute Gasteiger partial charge is 0.386 e. The van der Waals surface area contributed by atoms with Crippen LogP contribution in [0.3, 0.4) is 0 Å². The normalized spacial score (nSPS) is 10.6. The van der Waals surface area contributed by atoms with Crippen molar-refractivity contribution in [1.29, 1.82) is 0 Å². The molecule has 0 aliphatic carbocycles. The minimum Gasteiger partial charge on any atom is -0.386 e. The predicted molar refractivity (Wildman–Crippen MR) is 69.7 cm³/mol. The SMILES string of the molecule is CNc1ccccc1N=Cc1ccccc1. The highest BCUT2D eigenvalue weighted by Crippen LogP contribution is 2.23. The fraction of sp³-hybridized carbons (Fsp3) is 0.0714. The number of nitrogens with zero attached hydrogens (tertiary/aromatic N) is 1. The van der Waals surface area contributed by atoms with Gasteiger partial charge in [-0.25, -0.2) is 0 Å². The minimum atomic E-state index is 0.953. The van der Waals surface area contributed by atoms with Crippen LogP contribution in [-0.2, 0) is 0 Å². The van der Waals surface area contributed by atoms with Crippen molar-refractivity contribution in [2.75, 3.05) is 12.4 Å². The molecule has 0 atom stereocenters. The Hall–Kier alpha value is -2.09. The lowest BCUT2D eigenvalue weighted by Crippen LogP contribution is -1.87. The molecule has 0 radical (unpaired) electrons. The van der Waals surface area contributed by atoms with Gasteiger partial charge in [0.2, 0.25) is 0 Å². The average molecular weight is 210 g/mol. The number of rotatable bonds is 3. The van der Waals surface area contributed by atoms with Gasteiger partial charge in [0.25, 0.3) is 0 Å². The molecule has 0 aliphatic heterocycles. The predicted octanol–water partition coefficient (Wildman–Crippen LogP) is 3.48. The number of para-hydroxylation sites is 2. The van der Waals surface area contributed by atoms with Crippen LogP contribution in [-0.4, -0.2) is 13.3 Å². The maximum Gasteiger partial charge on any atom is 0.0861 e.